The van der Waals surface area contributed by atoms with Crippen LogP contribution in [0.4, 0.5) is 0 Å². The lowest BCUT2D eigenvalue weighted by atomic mass is 10.3. The normalized spacial score (nSPS) is 20.8. The third kappa shape index (κ3) is 0.789. The maximum atomic E-state index is 5.22. The second kappa shape index (κ2) is 2.16. The smallest absolute Gasteiger partial charge is 0.224 e. The zero-order chi connectivity index (χ0) is 6.81. The maximum absolute atomic E-state index is 5.22. The van der Waals surface area contributed by atoms with Crippen LogP contribution in [0.25, 0.3) is 0 Å². The highest BCUT2D eigenvalue weighted by Crippen LogP contribution is 2.09. The first-order chi connectivity index (χ1) is 4.97. The van der Waals surface area contributed by atoms with Crippen molar-refractivity contribution in [3.8, 4) is 0 Å². The number of hydrogen-bond donors (Lipinski definition) is 0. The highest BCUT2D eigenvalue weighted by Gasteiger charge is 2.10. The van der Waals surface area contributed by atoms with Crippen LogP contribution >= 0.6 is 0 Å². The summed E-state index contributed by atoms with van der Waals surface area (Å²) in [6, 6.07) is 0. The molecule has 2 heteroatoms. The SMILES string of the molecule is C1=CC=CC=1C1=NCCO1. The lowest BCUT2D eigenvalue weighted by Gasteiger charge is -1.95. The summed E-state index contributed by atoms with van der Waals surface area (Å²) in [5, 5.41) is 0. The first-order valence-electron chi connectivity index (χ1n) is 3.28. The predicted molar refractivity (Wildman–Crippen MR) is 39.0 cm³/mol. The van der Waals surface area contributed by atoms with Crippen LogP contribution in [0.1, 0.15) is 0 Å². The molecule has 1 heterocycles. The molecule has 2 rings (SSSR count). The number of hydrogen-bond acceptors (Lipinski definition) is 2. The van der Waals surface area contributed by atoms with Crippen LogP contribution in [0.3, 0.4) is 0 Å². The molecule has 0 aromatic heterocycles. The van der Waals surface area contributed by atoms with E-state index in [1.54, 1.807) is 0 Å². The highest BCUT2D eigenvalue weighted by molar-refractivity contribution is 5.97. The molecule has 0 aromatic carbocycles. The Bertz CT molecular complexity index is 267. The van der Waals surface area contributed by atoms with Gasteiger partial charge >= 0.3 is 0 Å². The van der Waals surface area contributed by atoms with Crippen molar-refractivity contribution in [2.24, 2.45) is 4.99 Å². The molecule has 0 spiro atoms. The van der Waals surface area contributed by atoms with E-state index in [9.17, 15) is 0 Å². The quantitative estimate of drug-likeness (QED) is 0.490. The number of allylic oxidation sites excluding steroid dienone is 1. The average molecular weight is 133 g/mol. The van der Waals surface area contributed by atoms with Gasteiger partial charge in [-0.15, -0.1) is 5.73 Å². The van der Waals surface area contributed by atoms with Crippen molar-refractivity contribution in [2.75, 3.05) is 13.2 Å². The van der Waals surface area contributed by atoms with Crippen LogP contribution in [0.5, 0.6) is 0 Å². The van der Waals surface area contributed by atoms with Gasteiger partial charge in [-0.25, -0.2) is 4.99 Å². The molecule has 0 bridgehead atoms. The molecule has 50 valence electrons. The highest BCUT2D eigenvalue weighted by atomic mass is 16.5. The zero-order valence-electron chi connectivity index (χ0n) is 5.50. The fourth-order valence-corrected chi connectivity index (χ4v) is 0.961. The van der Waals surface area contributed by atoms with Crippen LogP contribution in [0.15, 0.2) is 34.5 Å². The standard InChI is InChI=1S/C8H7NO/c1-2-4-7(3-1)8-9-5-6-10-8/h1-3H,5-6H2. The molecule has 0 saturated carbocycles. The molecule has 2 nitrogen and oxygen atoms in total. The van der Waals surface area contributed by atoms with E-state index < -0.39 is 0 Å². The topological polar surface area (TPSA) is 21.6 Å². The Hall–Kier alpha value is -1.27. The number of nitrogens with zero attached hydrogens (tertiary/aromatic N) is 1. The van der Waals surface area contributed by atoms with Gasteiger partial charge in [-0.1, -0.05) is 6.08 Å². The van der Waals surface area contributed by atoms with Crippen molar-refractivity contribution < 1.29 is 4.74 Å². The summed E-state index contributed by atoms with van der Waals surface area (Å²) in [5.74, 6) is 0.741. The van der Waals surface area contributed by atoms with Gasteiger partial charge in [0.15, 0.2) is 0 Å². The van der Waals surface area contributed by atoms with E-state index in [0.29, 0.717) is 6.61 Å². The van der Waals surface area contributed by atoms with Crippen molar-refractivity contribution in [3.63, 3.8) is 0 Å². The first kappa shape index (κ1) is 5.51. The van der Waals surface area contributed by atoms with Crippen molar-refractivity contribution >= 4 is 5.90 Å². The van der Waals surface area contributed by atoms with Gasteiger partial charge in [-0.3, -0.25) is 0 Å². The molecule has 0 unspecified atom stereocenters. The van der Waals surface area contributed by atoms with Gasteiger partial charge in [0.2, 0.25) is 5.90 Å². The summed E-state index contributed by atoms with van der Waals surface area (Å²) in [4.78, 5) is 4.14. The predicted octanol–water partition coefficient (Wildman–Crippen LogP) is 1.07. The summed E-state index contributed by atoms with van der Waals surface area (Å²) in [6.07, 6.45) is 5.74. The molecule has 0 atom stereocenters. The van der Waals surface area contributed by atoms with Crippen LogP contribution in [0, 0.1) is 0 Å². The van der Waals surface area contributed by atoms with Gasteiger partial charge in [-0.05, 0) is 12.2 Å². The van der Waals surface area contributed by atoms with Gasteiger partial charge in [0.05, 0.1) is 12.1 Å². The summed E-state index contributed by atoms with van der Waals surface area (Å²) >= 11 is 0. The Morgan fingerprint density at radius 3 is 3.20 bits per heavy atom. The molecular weight excluding hydrogens is 126 g/mol. The molecule has 2 aliphatic rings. The van der Waals surface area contributed by atoms with Gasteiger partial charge in [0.1, 0.15) is 6.61 Å². The molecule has 1 aliphatic heterocycles. The molecule has 0 radical (unpaired) electrons. The third-order valence-corrected chi connectivity index (χ3v) is 1.41. The van der Waals surface area contributed by atoms with Crippen molar-refractivity contribution in [1.82, 2.24) is 0 Å². The lowest BCUT2D eigenvalue weighted by molar-refractivity contribution is 0.348. The Labute approximate surface area is 59.2 Å². The molecule has 1 aliphatic carbocycles. The Kier molecular flexibility index (Phi) is 1.19. The fourth-order valence-electron chi connectivity index (χ4n) is 0.961. The second-order valence-corrected chi connectivity index (χ2v) is 2.12. The first-order valence-corrected chi connectivity index (χ1v) is 3.28. The molecule has 0 fully saturated rings. The monoisotopic (exact) mass is 133 g/mol. The molecule has 0 aromatic rings. The van der Waals surface area contributed by atoms with E-state index in [0.717, 1.165) is 18.0 Å². The van der Waals surface area contributed by atoms with Gasteiger partial charge in [0.25, 0.3) is 0 Å². The Morgan fingerprint density at radius 2 is 2.60 bits per heavy atom. The number of rotatable bonds is 1. The summed E-state index contributed by atoms with van der Waals surface area (Å²) in [7, 11) is 0. The summed E-state index contributed by atoms with van der Waals surface area (Å²) in [6.45, 7) is 1.50. The minimum Gasteiger partial charge on any atom is -0.475 e. The van der Waals surface area contributed by atoms with Crippen LogP contribution in [-0.2, 0) is 4.74 Å². The van der Waals surface area contributed by atoms with Crippen molar-refractivity contribution in [1.29, 1.82) is 0 Å². The number of aliphatic imine (C=N–C) groups is 1. The molecule has 0 saturated heterocycles. The molecular formula is C8H7NO. The van der Waals surface area contributed by atoms with E-state index in [-0.39, 0.29) is 0 Å². The van der Waals surface area contributed by atoms with Crippen LogP contribution < -0.4 is 0 Å². The van der Waals surface area contributed by atoms with Gasteiger partial charge in [0, 0.05) is 0 Å². The van der Waals surface area contributed by atoms with Crippen LogP contribution in [-0.4, -0.2) is 19.0 Å². The van der Waals surface area contributed by atoms with Crippen molar-refractivity contribution in [2.45, 2.75) is 0 Å². The van der Waals surface area contributed by atoms with Crippen molar-refractivity contribution in [3.05, 3.63) is 29.5 Å². The fraction of sp³-hybridized carbons (Fsp3) is 0.250. The summed E-state index contributed by atoms with van der Waals surface area (Å²) < 4.78 is 5.22. The van der Waals surface area contributed by atoms with E-state index in [2.05, 4.69) is 10.7 Å². The minimum absolute atomic E-state index is 0.717. The largest absolute Gasteiger partial charge is 0.475 e. The van der Waals surface area contributed by atoms with E-state index in [1.807, 2.05) is 18.2 Å². The molecule has 0 N–H and O–H groups in total. The molecule has 10 heavy (non-hydrogen) atoms. The zero-order valence-corrected chi connectivity index (χ0v) is 5.50. The van der Waals surface area contributed by atoms with E-state index in [1.165, 1.54) is 0 Å². The van der Waals surface area contributed by atoms with E-state index in [4.69, 9.17) is 4.74 Å². The second-order valence-electron chi connectivity index (χ2n) is 2.12. The average Bonchev–Trinajstić information content (AvgIpc) is 2.59. The van der Waals surface area contributed by atoms with E-state index >= 15 is 0 Å². The minimum atomic E-state index is 0.717. The third-order valence-electron chi connectivity index (χ3n) is 1.41. The maximum Gasteiger partial charge on any atom is 0.224 e. The van der Waals surface area contributed by atoms with Crippen LogP contribution in [0.2, 0.25) is 0 Å². The van der Waals surface area contributed by atoms with Gasteiger partial charge in [-0.2, -0.15) is 0 Å². The lowest BCUT2D eigenvalue weighted by Crippen LogP contribution is -1.98. The van der Waals surface area contributed by atoms with Gasteiger partial charge < -0.3 is 4.74 Å². The Morgan fingerprint density at radius 1 is 1.60 bits per heavy atom. The number of ether oxygens (including phenoxy) is 1. The Balaban J connectivity index is 2.27. The summed E-state index contributed by atoms with van der Waals surface area (Å²) in [5.41, 5.74) is 3.99. The molecule has 0 amide bonds.